The quantitative estimate of drug-likeness (QED) is 0.0344. The Hall–Kier alpha value is -4.72. The molecule has 0 unspecified atom stereocenters. The predicted molar refractivity (Wildman–Crippen MR) is 296 cm³/mol. The molecule has 4 aromatic carbocycles. The molecular formula is C64H96O8. The molecule has 0 amide bonds. The molecule has 8 heteroatoms. The third-order valence-corrected chi connectivity index (χ3v) is 16.2. The van der Waals surface area contributed by atoms with Crippen LogP contribution in [0.4, 0.5) is 0 Å². The zero-order chi connectivity index (χ0) is 53.1. The Balaban J connectivity index is 1.91. The maximum absolute atomic E-state index is 12.1. The number of phenols is 8. The van der Waals surface area contributed by atoms with Crippen molar-refractivity contribution in [3.8, 4) is 46.0 Å². The van der Waals surface area contributed by atoms with Gasteiger partial charge in [-0.3, -0.25) is 0 Å². The van der Waals surface area contributed by atoms with Crippen molar-refractivity contribution in [1.82, 2.24) is 0 Å². The lowest BCUT2D eigenvalue weighted by molar-refractivity contribution is 0.387. The van der Waals surface area contributed by atoms with Crippen LogP contribution >= 0.6 is 0 Å². The van der Waals surface area contributed by atoms with Gasteiger partial charge in [-0.25, -0.2) is 0 Å². The van der Waals surface area contributed by atoms with Gasteiger partial charge in [-0.1, -0.05) is 160 Å². The molecule has 4 atom stereocenters. The molecule has 4 aromatic rings. The molecule has 8 N–H and O–H groups in total. The molecule has 1 aliphatic rings. The molecule has 0 saturated carbocycles. The zero-order valence-electron chi connectivity index (χ0n) is 46.4. The fraction of sp³-hybridized carbons (Fsp3) is 0.625. The second-order valence-electron chi connectivity index (χ2n) is 24.8. The molecule has 0 spiro atoms. The lowest BCUT2D eigenvalue weighted by Gasteiger charge is -2.31. The summed E-state index contributed by atoms with van der Waals surface area (Å²) in [6.07, 6.45) is 14.2. The van der Waals surface area contributed by atoms with Crippen molar-refractivity contribution in [1.29, 1.82) is 0 Å². The van der Waals surface area contributed by atoms with E-state index in [1.807, 2.05) is 24.3 Å². The van der Waals surface area contributed by atoms with E-state index in [-0.39, 0.29) is 69.7 Å². The number of aromatic hydroxyl groups is 8. The van der Waals surface area contributed by atoms with Crippen LogP contribution in [0.25, 0.3) is 0 Å². The normalized spacial score (nSPS) is 18.8. The van der Waals surface area contributed by atoms with Crippen LogP contribution in [-0.4, -0.2) is 40.9 Å². The Morgan fingerprint density at radius 2 is 0.403 bits per heavy atom. The Morgan fingerprint density at radius 1 is 0.250 bits per heavy atom. The Kier molecular flexibility index (Phi) is 21.4. The minimum Gasteiger partial charge on any atom is -0.508 e. The van der Waals surface area contributed by atoms with E-state index in [2.05, 4.69) is 83.1 Å². The zero-order valence-corrected chi connectivity index (χ0v) is 46.4. The summed E-state index contributed by atoms with van der Waals surface area (Å²) >= 11 is 0. The molecule has 0 saturated heterocycles. The van der Waals surface area contributed by atoms with Crippen LogP contribution in [0.3, 0.4) is 0 Å². The summed E-state index contributed by atoms with van der Waals surface area (Å²) in [6, 6.07) is 13.1. The first kappa shape index (κ1) is 58.2. The largest absolute Gasteiger partial charge is 0.508 e. The first-order chi connectivity index (χ1) is 33.9. The molecule has 0 radical (unpaired) electrons. The van der Waals surface area contributed by atoms with Crippen LogP contribution in [0.5, 0.6) is 46.0 Å². The summed E-state index contributed by atoms with van der Waals surface area (Å²) in [4.78, 5) is 0. The lowest BCUT2D eigenvalue weighted by atomic mass is 9.74. The number of hydrogen-bond acceptors (Lipinski definition) is 8. The molecule has 0 heterocycles. The van der Waals surface area contributed by atoms with Crippen molar-refractivity contribution in [3.63, 3.8) is 0 Å². The summed E-state index contributed by atoms with van der Waals surface area (Å²) in [6.45, 7) is 26.6. The monoisotopic (exact) mass is 993 g/mol. The van der Waals surface area contributed by atoms with Crippen molar-refractivity contribution in [3.05, 3.63) is 93.0 Å². The fourth-order valence-corrected chi connectivity index (χ4v) is 11.9. The minimum absolute atomic E-state index is 0.118. The first-order valence-electron chi connectivity index (χ1n) is 28.2. The third-order valence-electron chi connectivity index (χ3n) is 16.2. The van der Waals surface area contributed by atoms with E-state index >= 15 is 0 Å². The molecule has 5 rings (SSSR count). The van der Waals surface area contributed by atoms with Crippen molar-refractivity contribution >= 4 is 0 Å². The van der Waals surface area contributed by atoms with Gasteiger partial charge in [-0.2, -0.15) is 0 Å². The highest BCUT2D eigenvalue weighted by atomic mass is 16.3. The third kappa shape index (κ3) is 15.7. The fourth-order valence-electron chi connectivity index (χ4n) is 11.9. The van der Waals surface area contributed by atoms with Crippen molar-refractivity contribution < 1.29 is 40.9 Å². The second-order valence-corrected chi connectivity index (χ2v) is 24.8. The van der Waals surface area contributed by atoms with Crippen molar-refractivity contribution in [2.75, 3.05) is 0 Å². The number of fused-ring (bicyclic) bond motifs is 8. The molecule has 72 heavy (non-hydrogen) atoms. The molecule has 400 valence electrons. The number of hydrogen-bond donors (Lipinski definition) is 8. The van der Waals surface area contributed by atoms with Crippen LogP contribution in [0.15, 0.2) is 48.5 Å². The summed E-state index contributed by atoms with van der Waals surface area (Å²) in [5.74, 6) is -0.515. The van der Waals surface area contributed by atoms with Crippen LogP contribution < -0.4 is 0 Å². The van der Waals surface area contributed by atoms with E-state index in [1.54, 1.807) is 0 Å². The summed E-state index contributed by atoms with van der Waals surface area (Å²) in [7, 11) is 0. The van der Waals surface area contributed by atoms with Gasteiger partial charge in [0.2, 0.25) is 0 Å². The SMILES string of the molecule is CC(C)CCC[C@@H](C)CC1c2cc(c(O)cc2O)C(C[C@H](C)CCCC(C)C)c2cc(c(O)cc2O)C(C[C@H](C)CCCC(C)C)c2cc(c(O)cc2O)C(C[C@H](C)CCCC(C)C)c2cc1c(O)cc2O. The maximum atomic E-state index is 12.1. The summed E-state index contributed by atoms with van der Waals surface area (Å²) in [5.41, 5.74) is 4.18. The smallest absolute Gasteiger partial charge is 0.123 e. The van der Waals surface area contributed by atoms with Crippen molar-refractivity contribution in [2.24, 2.45) is 47.3 Å². The van der Waals surface area contributed by atoms with Gasteiger partial charge in [0.05, 0.1) is 0 Å². The maximum Gasteiger partial charge on any atom is 0.123 e. The molecule has 0 aromatic heterocycles. The standard InChI is InChI=1S/C64H96O8/c1-37(2)17-13-21-41(9)25-45-49-29-51(59(67)33-57(49)65)46(26-42(10)22-14-18-38(3)4)53-31-55(63(71)35-61(53)69)48(28-44(12)24-16-20-40(7)8)56-32-54(62(70)36-64(56)72)47(27-43(11)23-15-19-39(5)6)52-30-50(45)58(66)34-60(52)68/h29-48,65-72H,13-28H2,1-12H3/t41-,42-,43-,44-,45?,46?,47?,48?/m1/s1. The van der Waals surface area contributed by atoms with Gasteiger partial charge in [0.25, 0.3) is 0 Å². The van der Waals surface area contributed by atoms with Crippen LogP contribution in [-0.2, 0) is 0 Å². The van der Waals surface area contributed by atoms with E-state index in [1.165, 1.54) is 24.3 Å². The number of benzene rings is 4. The molecular weight excluding hydrogens is 897 g/mol. The second kappa shape index (κ2) is 26.5. The van der Waals surface area contributed by atoms with E-state index in [9.17, 15) is 40.9 Å². The topological polar surface area (TPSA) is 162 Å². The molecule has 0 fully saturated rings. The van der Waals surface area contributed by atoms with Gasteiger partial charge in [0, 0.05) is 92.4 Å². The summed E-state index contributed by atoms with van der Waals surface area (Å²) < 4.78 is 0. The van der Waals surface area contributed by atoms with Gasteiger partial charge in [0.1, 0.15) is 46.0 Å². The van der Waals surface area contributed by atoms with Gasteiger partial charge in [-0.15, -0.1) is 0 Å². The van der Waals surface area contributed by atoms with Gasteiger partial charge < -0.3 is 40.9 Å². The highest BCUT2D eigenvalue weighted by Crippen LogP contribution is 2.53. The molecule has 8 nitrogen and oxygen atoms in total. The average molecular weight is 993 g/mol. The highest BCUT2D eigenvalue weighted by molar-refractivity contribution is 5.62. The Bertz CT molecular complexity index is 1920. The number of rotatable bonds is 24. The Morgan fingerprint density at radius 3 is 0.542 bits per heavy atom. The Labute approximate surface area is 435 Å². The van der Waals surface area contributed by atoms with E-state index < -0.39 is 23.7 Å². The molecule has 8 bridgehead atoms. The molecule has 1 aliphatic carbocycles. The number of phenolic OH excluding ortho intramolecular Hbond substituents is 8. The average Bonchev–Trinajstić information content (AvgIpc) is 3.26. The first-order valence-corrected chi connectivity index (χ1v) is 28.2. The summed E-state index contributed by atoms with van der Waals surface area (Å²) in [5, 5.41) is 97.1. The van der Waals surface area contributed by atoms with Gasteiger partial charge >= 0.3 is 0 Å². The van der Waals surface area contributed by atoms with E-state index in [0.717, 1.165) is 77.0 Å². The van der Waals surface area contributed by atoms with Gasteiger partial charge in [-0.05, 0) is 97.3 Å². The highest BCUT2D eigenvalue weighted by Gasteiger charge is 2.35. The lowest BCUT2D eigenvalue weighted by Crippen LogP contribution is -2.15. The van der Waals surface area contributed by atoms with Crippen LogP contribution in [0.1, 0.15) is 254 Å². The van der Waals surface area contributed by atoms with Crippen molar-refractivity contribution in [2.45, 2.75) is 209 Å². The predicted octanol–water partition coefficient (Wildman–Crippen LogP) is 17.6. The molecule has 0 aliphatic heterocycles. The van der Waals surface area contributed by atoms with Crippen LogP contribution in [0.2, 0.25) is 0 Å². The minimum atomic E-state index is -0.589. The van der Waals surface area contributed by atoms with E-state index in [0.29, 0.717) is 93.9 Å². The van der Waals surface area contributed by atoms with E-state index in [4.69, 9.17) is 0 Å². The van der Waals surface area contributed by atoms with Gasteiger partial charge in [0.15, 0.2) is 0 Å². The van der Waals surface area contributed by atoms with Crippen LogP contribution in [0, 0.1) is 47.3 Å².